The van der Waals surface area contributed by atoms with Crippen LogP contribution in [-0.4, -0.2) is 12.5 Å². The fourth-order valence-corrected chi connectivity index (χ4v) is 2.90. The van der Waals surface area contributed by atoms with Crippen LogP contribution in [0.3, 0.4) is 0 Å². The van der Waals surface area contributed by atoms with Gasteiger partial charge in [-0.25, -0.2) is 0 Å². The lowest BCUT2D eigenvalue weighted by Crippen LogP contribution is -2.28. The molecule has 1 N–H and O–H groups in total. The molecule has 0 bridgehead atoms. The molecule has 4 nitrogen and oxygen atoms in total. The van der Waals surface area contributed by atoms with E-state index in [1.807, 2.05) is 73.7 Å². The summed E-state index contributed by atoms with van der Waals surface area (Å²) >= 11 is 0. The summed E-state index contributed by atoms with van der Waals surface area (Å²) in [5, 5.41) is 4.89. The van der Waals surface area contributed by atoms with Gasteiger partial charge in [-0.05, 0) is 36.8 Å². The molecule has 1 heterocycles. The van der Waals surface area contributed by atoms with Crippen molar-refractivity contribution in [1.29, 1.82) is 0 Å². The minimum atomic E-state index is -0.150. The van der Waals surface area contributed by atoms with Crippen molar-refractivity contribution in [3.05, 3.63) is 77.9 Å². The van der Waals surface area contributed by atoms with Gasteiger partial charge in [0.2, 0.25) is 0 Å². The van der Waals surface area contributed by atoms with Crippen LogP contribution < -0.4 is 10.1 Å². The molecule has 3 aromatic carbocycles. The Bertz CT molecular complexity index is 1060. The average molecular weight is 345 g/mol. The first-order valence-electron chi connectivity index (χ1n) is 8.55. The van der Waals surface area contributed by atoms with E-state index in [0.717, 1.165) is 27.5 Å². The molecule has 4 rings (SSSR count). The van der Waals surface area contributed by atoms with E-state index in [0.29, 0.717) is 12.3 Å². The Labute approximate surface area is 151 Å². The monoisotopic (exact) mass is 345 g/mol. The smallest absolute Gasteiger partial charge is 0.258 e. The van der Waals surface area contributed by atoms with Crippen molar-refractivity contribution in [3.8, 4) is 5.75 Å². The predicted molar refractivity (Wildman–Crippen MR) is 102 cm³/mol. The van der Waals surface area contributed by atoms with Gasteiger partial charge in [-0.3, -0.25) is 4.79 Å². The second-order valence-corrected chi connectivity index (χ2v) is 6.31. The van der Waals surface area contributed by atoms with Gasteiger partial charge in [0, 0.05) is 17.3 Å². The van der Waals surface area contributed by atoms with Crippen LogP contribution in [0.15, 0.2) is 71.1 Å². The molecular formula is C22H19NO3. The first-order valence-corrected chi connectivity index (χ1v) is 8.55. The number of hydrogen-bond donors (Lipinski definition) is 1. The number of ether oxygens (including phenoxy) is 1. The van der Waals surface area contributed by atoms with E-state index in [2.05, 4.69) is 5.32 Å². The molecule has 0 fully saturated rings. The highest BCUT2D eigenvalue weighted by Gasteiger charge is 2.08. The normalized spacial score (nSPS) is 11.0. The molecule has 0 unspecified atom stereocenters. The zero-order valence-electron chi connectivity index (χ0n) is 14.5. The molecule has 130 valence electrons. The van der Waals surface area contributed by atoms with Crippen LogP contribution >= 0.6 is 0 Å². The van der Waals surface area contributed by atoms with Crippen molar-refractivity contribution in [2.24, 2.45) is 0 Å². The molecule has 0 spiro atoms. The first-order chi connectivity index (χ1) is 12.7. The Morgan fingerprint density at radius 2 is 1.73 bits per heavy atom. The number of furan rings is 1. The van der Waals surface area contributed by atoms with Crippen LogP contribution in [0.1, 0.15) is 11.1 Å². The summed E-state index contributed by atoms with van der Waals surface area (Å²) in [6.07, 6.45) is 0. The Kier molecular flexibility index (Phi) is 4.32. The van der Waals surface area contributed by atoms with Crippen molar-refractivity contribution in [3.63, 3.8) is 0 Å². The third kappa shape index (κ3) is 3.40. The Morgan fingerprint density at radius 1 is 0.962 bits per heavy atom. The summed E-state index contributed by atoms with van der Waals surface area (Å²) in [5.74, 6) is 0.497. The maximum atomic E-state index is 12.0. The summed E-state index contributed by atoms with van der Waals surface area (Å²) in [6.45, 7) is 2.51. The molecule has 26 heavy (non-hydrogen) atoms. The van der Waals surface area contributed by atoms with Crippen molar-refractivity contribution in [1.82, 2.24) is 5.32 Å². The molecule has 0 atom stereocenters. The second-order valence-electron chi connectivity index (χ2n) is 6.31. The van der Waals surface area contributed by atoms with E-state index >= 15 is 0 Å². The van der Waals surface area contributed by atoms with Crippen LogP contribution in [0.5, 0.6) is 5.75 Å². The number of carbonyl (C=O) groups is 1. The quantitative estimate of drug-likeness (QED) is 0.575. The number of amides is 1. The van der Waals surface area contributed by atoms with E-state index in [-0.39, 0.29) is 12.5 Å². The minimum Gasteiger partial charge on any atom is -0.484 e. The SMILES string of the molecule is Cc1ccc(CNC(=O)COc2ccc3oc4ccccc4c3c2)cc1. The summed E-state index contributed by atoms with van der Waals surface area (Å²) < 4.78 is 11.4. The van der Waals surface area contributed by atoms with Crippen molar-refractivity contribution >= 4 is 27.8 Å². The zero-order chi connectivity index (χ0) is 17.9. The van der Waals surface area contributed by atoms with Crippen molar-refractivity contribution < 1.29 is 13.9 Å². The van der Waals surface area contributed by atoms with Gasteiger partial charge >= 0.3 is 0 Å². The number of carbonyl (C=O) groups excluding carboxylic acids is 1. The van der Waals surface area contributed by atoms with Gasteiger partial charge < -0.3 is 14.5 Å². The highest BCUT2D eigenvalue weighted by Crippen LogP contribution is 2.31. The van der Waals surface area contributed by atoms with Gasteiger partial charge in [0.15, 0.2) is 6.61 Å². The fraction of sp³-hybridized carbons (Fsp3) is 0.136. The van der Waals surface area contributed by atoms with Crippen molar-refractivity contribution in [2.75, 3.05) is 6.61 Å². The maximum absolute atomic E-state index is 12.0. The lowest BCUT2D eigenvalue weighted by atomic mass is 10.1. The molecular weight excluding hydrogens is 326 g/mol. The summed E-state index contributed by atoms with van der Waals surface area (Å²) in [4.78, 5) is 12.0. The Hall–Kier alpha value is -3.27. The fourth-order valence-electron chi connectivity index (χ4n) is 2.90. The number of para-hydroxylation sites is 1. The van der Waals surface area contributed by atoms with Crippen LogP contribution in [0, 0.1) is 6.92 Å². The second kappa shape index (κ2) is 6.92. The highest BCUT2D eigenvalue weighted by molar-refractivity contribution is 6.05. The van der Waals surface area contributed by atoms with Crippen LogP contribution in [0.25, 0.3) is 21.9 Å². The van der Waals surface area contributed by atoms with Gasteiger partial charge in [0.05, 0.1) is 0 Å². The van der Waals surface area contributed by atoms with Gasteiger partial charge in [-0.2, -0.15) is 0 Å². The summed E-state index contributed by atoms with van der Waals surface area (Å²) in [7, 11) is 0. The number of fused-ring (bicyclic) bond motifs is 3. The molecule has 0 saturated heterocycles. The molecule has 1 aromatic heterocycles. The zero-order valence-corrected chi connectivity index (χ0v) is 14.5. The predicted octanol–water partition coefficient (Wildman–Crippen LogP) is 4.59. The van der Waals surface area contributed by atoms with E-state index in [9.17, 15) is 4.79 Å². The molecule has 0 aliphatic heterocycles. The molecule has 0 aliphatic rings. The number of hydrogen-bond acceptors (Lipinski definition) is 3. The standard InChI is InChI=1S/C22H19NO3/c1-15-6-8-16(9-7-15)13-23-22(24)14-25-17-10-11-21-19(12-17)18-4-2-3-5-20(18)26-21/h2-12H,13-14H2,1H3,(H,23,24). The van der Waals surface area contributed by atoms with E-state index < -0.39 is 0 Å². The lowest BCUT2D eigenvalue weighted by molar-refractivity contribution is -0.123. The minimum absolute atomic E-state index is 0.0207. The highest BCUT2D eigenvalue weighted by atomic mass is 16.5. The first kappa shape index (κ1) is 16.2. The number of nitrogens with one attached hydrogen (secondary N) is 1. The van der Waals surface area contributed by atoms with Gasteiger partial charge in [-0.15, -0.1) is 0 Å². The average Bonchev–Trinajstić information content (AvgIpc) is 3.04. The number of benzene rings is 3. The van der Waals surface area contributed by atoms with Crippen LogP contribution in [-0.2, 0) is 11.3 Å². The lowest BCUT2D eigenvalue weighted by Gasteiger charge is -2.08. The van der Waals surface area contributed by atoms with E-state index in [1.165, 1.54) is 5.56 Å². The van der Waals surface area contributed by atoms with Crippen LogP contribution in [0.4, 0.5) is 0 Å². The summed E-state index contributed by atoms with van der Waals surface area (Å²) in [6, 6.07) is 21.5. The molecule has 0 saturated carbocycles. The van der Waals surface area contributed by atoms with Gasteiger partial charge in [0.1, 0.15) is 16.9 Å². The van der Waals surface area contributed by atoms with E-state index in [1.54, 1.807) is 0 Å². The van der Waals surface area contributed by atoms with Gasteiger partial charge in [0.25, 0.3) is 5.91 Å². The van der Waals surface area contributed by atoms with Crippen molar-refractivity contribution in [2.45, 2.75) is 13.5 Å². The maximum Gasteiger partial charge on any atom is 0.258 e. The Morgan fingerprint density at radius 3 is 2.58 bits per heavy atom. The Balaban J connectivity index is 1.40. The third-order valence-corrected chi connectivity index (χ3v) is 4.33. The molecule has 0 aliphatic carbocycles. The molecule has 1 amide bonds. The molecule has 0 radical (unpaired) electrons. The third-order valence-electron chi connectivity index (χ3n) is 4.33. The molecule has 4 heteroatoms. The topological polar surface area (TPSA) is 51.5 Å². The van der Waals surface area contributed by atoms with Gasteiger partial charge in [-0.1, -0.05) is 48.0 Å². The summed E-state index contributed by atoms with van der Waals surface area (Å²) in [5.41, 5.74) is 3.92. The molecule has 4 aromatic rings. The largest absolute Gasteiger partial charge is 0.484 e. The van der Waals surface area contributed by atoms with E-state index in [4.69, 9.17) is 9.15 Å². The van der Waals surface area contributed by atoms with Crippen LogP contribution in [0.2, 0.25) is 0 Å². The number of aryl methyl sites for hydroxylation is 1. The number of rotatable bonds is 5.